The van der Waals surface area contributed by atoms with E-state index in [-0.39, 0.29) is 16.8 Å². The predicted molar refractivity (Wildman–Crippen MR) is 115 cm³/mol. The van der Waals surface area contributed by atoms with Crippen LogP contribution in [-0.2, 0) is 0 Å². The molecule has 150 valence electrons. The van der Waals surface area contributed by atoms with Crippen LogP contribution in [0.5, 0.6) is 11.5 Å². The number of carbonyl (C=O) groups is 1. The van der Waals surface area contributed by atoms with Crippen LogP contribution in [0.25, 0.3) is 16.7 Å². The van der Waals surface area contributed by atoms with E-state index in [1.807, 2.05) is 24.3 Å². The van der Waals surface area contributed by atoms with Crippen molar-refractivity contribution in [3.63, 3.8) is 0 Å². The van der Waals surface area contributed by atoms with E-state index in [1.165, 1.54) is 15.8 Å². The molecule has 3 heterocycles. The highest BCUT2D eigenvalue weighted by molar-refractivity contribution is 9.10. The van der Waals surface area contributed by atoms with Crippen molar-refractivity contribution >= 4 is 50.2 Å². The molecule has 0 aliphatic carbocycles. The summed E-state index contributed by atoms with van der Waals surface area (Å²) in [7, 11) is 0. The Kier molecular flexibility index (Phi) is 4.56. The van der Waals surface area contributed by atoms with Gasteiger partial charge in [-0.15, -0.1) is 5.10 Å². The second-order valence-electron chi connectivity index (χ2n) is 6.57. The number of phenols is 1. The quantitative estimate of drug-likeness (QED) is 0.431. The Morgan fingerprint density at radius 3 is 2.93 bits per heavy atom. The van der Waals surface area contributed by atoms with Crippen molar-refractivity contribution in [2.75, 3.05) is 18.1 Å². The molecule has 2 aromatic heterocycles. The molecule has 0 atom stereocenters. The molecule has 2 aromatic carbocycles. The molecule has 0 saturated heterocycles. The first-order valence-corrected chi connectivity index (χ1v) is 10.1. The molecule has 0 fully saturated rings. The third kappa shape index (κ3) is 2.98. The van der Waals surface area contributed by atoms with Gasteiger partial charge in [0.25, 0.3) is 5.91 Å². The normalized spacial score (nSPS) is 13.2. The number of carbonyl (C=O) groups excluding carboxylic acids is 1. The molecule has 1 aliphatic heterocycles. The number of hydrogen-bond donors (Lipinski definition) is 1. The summed E-state index contributed by atoms with van der Waals surface area (Å²) in [4.78, 5) is 19.0. The standard InChI is InChI=1S/C20H13BrClN5O3/c21-12-9-11(20(29)26-7-8-30-16-5-6-23-19(22)17(16)26)10-15(18(12)28)27-14-4-2-1-3-13(14)24-25-27/h1-6,9-10,28H,7-8H2. The minimum Gasteiger partial charge on any atom is -0.505 e. The second kappa shape index (κ2) is 7.26. The summed E-state index contributed by atoms with van der Waals surface area (Å²) < 4.78 is 7.45. The molecule has 4 aromatic rings. The zero-order valence-corrected chi connectivity index (χ0v) is 17.6. The number of anilines is 1. The highest BCUT2D eigenvalue weighted by Gasteiger charge is 2.29. The van der Waals surface area contributed by atoms with E-state index < -0.39 is 0 Å². The van der Waals surface area contributed by atoms with Crippen molar-refractivity contribution in [3.8, 4) is 17.2 Å². The molecule has 0 bridgehead atoms. The van der Waals surface area contributed by atoms with E-state index in [0.717, 1.165) is 0 Å². The lowest BCUT2D eigenvalue weighted by Crippen LogP contribution is -2.38. The number of phenolic OH excluding ortho intramolecular Hbond substituents is 1. The molecule has 1 N–H and O–H groups in total. The van der Waals surface area contributed by atoms with Crippen LogP contribution in [0, 0.1) is 0 Å². The Morgan fingerprint density at radius 1 is 1.23 bits per heavy atom. The van der Waals surface area contributed by atoms with Gasteiger partial charge in [-0.25, -0.2) is 9.67 Å². The topological polar surface area (TPSA) is 93.4 Å². The van der Waals surface area contributed by atoms with Gasteiger partial charge >= 0.3 is 0 Å². The number of aromatic nitrogens is 4. The van der Waals surface area contributed by atoms with Crippen LogP contribution in [-0.4, -0.2) is 44.1 Å². The fraction of sp³-hybridized carbons (Fsp3) is 0.100. The van der Waals surface area contributed by atoms with Crippen molar-refractivity contribution in [1.82, 2.24) is 20.0 Å². The van der Waals surface area contributed by atoms with Crippen LogP contribution in [0.2, 0.25) is 5.15 Å². The van der Waals surface area contributed by atoms with Gasteiger partial charge in [0, 0.05) is 17.8 Å². The molecule has 0 unspecified atom stereocenters. The number of aromatic hydroxyl groups is 1. The number of nitrogens with zero attached hydrogens (tertiary/aromatic N) is 5. The smallest absolute Gasteiger partial charge is 0.258 e. The van der Waals surface area contributed by atoms with E-state index in [4.69, 9.17) is 16.3 Å². The Balaban J connectivity index is 1.63. The number of pyridine rings is 1. The minimum absolute atomic E-state index is 0.0516. The molecule has 0 saturated carbocycles. The van der Waals surface area contributed by atoms with Crippen LogP contribution >= 0.6 is 27.5 Å². The third-order valence-corrected chi connectivity index (χ3v) is 5.68. The number of rotatable bonds is 2. The summed E-state index contributed by atoms with van der Waals surface area (Å²) in [5.74, 6) is 0.139. The third-order valence-electron chi connectivity index (χ3n) is 4.80. The molecular formula is C20H13BrClN5O3. The lowest BCUT2D eigenvalue weighted by Gasteiger charge is -2.30. The maximum Gasteiger partial charge on any atom is 0.258 e. The van der Waals surface area contributed by atoms with Crippen LogP contribution in [0.4, 0.5) is 5.69 Å². The van der Waals surface area contributed by atoms with Gasteiger partial charge in [0.2, 0.25) is 0 Å². The average Bonchev–Trinajstić information content (AvgIpc) is 3.19. The van der Waals surface area contributed by atoms with Gasteiger partial charge < -0.3 is 9.84 Å². The Morgan fingerprint density at radius 2 is 2.07 bits per heavy atom. The number of ether oxygens (including phenoxy) is 1. The Hall–Kier alpha value is -3.17. The van der Waals surface area contributed by atoms with E-state index >= 15 is 0 Å². The highest BCUT2D eigenvalue weighted by atomic mass is 79.9. The molecule has 1 amide bonds. The zero-order chi connectivity index (χ0) is 20.8. The SMILES string of the molecule is O=C(c1cc(Br)c(O)c(-n2nnc3ccccc32)c1)N1CCOc2ccnc(Cl)c21. The molecule has 0 radical (unpaired) electrons. The summed E-state index contributed by atoms with van der Waals surface area (Å²) in [6.45, 7) is 0.649. The maximum atomic E-state index is 13.4. The summed E-state index contributed by atoms with van der Waals surface area (Å²) >= 11 is 9.59. The van der Waals surface area contributed by atoms with Crippen LogP contribution in [0.15, 0.2) is 53.1 Å². The monoisotopic (exact) mass is 485 g/mol. The van der Waals surface area contributed by atoms with Crippen molar-refractivity contribution in [2.24, 2.45) is 0 Å². The molecule has 30 heavy (non-hydrogen) atoms. The fourth-order valence-corrected chi connectivity index (χ4v) is 4.11. The number of halogens is 2. The number of benzene rings is 2. The Labute approximate surface area is 183 Å². The molecule has 1 aliphatic rings. The van der Waals surface area contributed by atoms with Crippen molar-refractivity contribution < 1.29 is 14.6 Å². The first-order chi connectivity index (χ1) is 14.5. The number of hydrogen-bond acceptors (Lipinski definition) is 6. The maximum absolute atomic E-state index is 13.4. The van der Waals surface area contributed by atoms with Gasteiger partial charge in [0.15, 0.2) is 10.9 Å². The number of fused-ring (bicyclic) bond motifs is 2. The van der Waals surface area contributed by atoms with Crippen molar-refractivity contribution in [1.29, 1.82) is 0 Å². The van der Waals surface area contributed by atoms with E-state index in [2.05, 4.69) is 31.2 Å². The van der Waals surface area contributed by atoms with Crippen molar-refractivity contribution in [3.05, 3.63) is 63.9 Å². The molecule has 8 nitrogen and oxygen atoms in total. The second-order valence-corrected chi connectivity index (χ2v) is 7.78. The summed E-state index contributed by atoms with van der Waals surface area (Å²) in [6, 6.07) is 12.1. The lowest BCUT2D eigenvalue weighted by atomic mass is 10.1. The van der Waals surface area contributed by atoms with Gasteiger partial charge in [0.05, 0.1) is 16.5 Å². The van der Waals surface area contributed by atoms with Gasteiger partial charge in [-0.3, -0.25) is 9.69 Å². The largest absolute Gasteiger partial charge is 0.505 e. The molecule has 10 heteroatoms. The van der Waals surface area contributed by atoms with Crippen LogP contribution < -0.4 is 9.64 Å². The van der Waals surface area contributed by atoms with Crippen molar-refractivity contribution in [2.45, 2.75) is 0 Å². The number of amides is 1. The number of para-hydroxylation sites is 1. The predicted octanol–water partition coefficient (Wildman–Crippen LogP) is 3.98. The summed E-state index contributed by atoms with van der Waals surface area (Å²) in [6.07, 6.45) is 1.53. The summed E-state index contributed by atoms with van der Waals surface area (Å²) in [5.41, 5.74) is 2.46. The first-order valence-electron chi connectivity index (χ1n) is 8.97. The molecule has 0 spiro atoms. The van der Waals surface area contributed by atoms with E-state index in [1.54, 1.807) is 18.2 Å². The van der Waals surface area contributed by atoms with Gasteiger partial charge in [0.1, 0.15) is 29.2 Å². The highest BCUT2D eigenvalue weighted by Crippen LogP contribution is 2.39. The van der Waals surface area contributed by atoms with Gasteiger partial charge in [-0.2, -0.15) is 0 Å². The average molecular weight is 487 g/mol. The lowest BCUT2D eigenvalue weighted by molar-refractivity contribution is 0.0976. The Bertz CT molecular complexity index is 1310. The first kappa shape index (κ1) is 18.8. The molecule has 5 rings (SSSR count). The van der Waals surface area contributed by atoms with E-state index in [9.17, 15) is 9.90 Å². The van der Waals surface area contributed by atoms with Crippen LogP contribution in [0.1, 0.15) is 10.4 Å². The molecular weight excluding hydrogens is 474 g/mol. The zero-order valence-electron chi connectivity index (χ0n) is 15.3. The van der Waals surface area contributed by atoms with E-state index in [0.29, 0.717) is 51.3 Å². The minimum atomic E-state index is -0.305. The van der Waals surface area contributed by atoms with Gasteiger partial charge in [-0.05, 0) is 40.2 Å². The fourth-order valence-electron chi connectivity index (χ4n) is 3.41. The van der Waals surface area contributed by atoms with Gasteiger partial charge in [-0.1, -0.05) is 28.9 Å². The van der Waals surface area contributed by atoms with Crippen LogP contribution in [0.3, 0.4) is 0 Å². The summed E-state index contributed by atoms with van der Waals surface area (Å²) in [5, 5.41) is 19.1.